The molecule has 4 atom stereocenters. The van der Waals surface area contributed by atoms with Crippen LogP contribution in [0.15, 0.2) is 18.5 Å². The van der Waals surface area contributed by atoms with E-state index in [1.165, 1.54) is 12.8 Å². The number of hydrogen-bond acceptors (Lipinski definition) is 5. The number of nitrogens with zero attached hydrogens (tertiary/aromatic N) is 1. The summed E-state index contributed by atoms with van der Waals surface area (Å²) in [7, 11) is 0. The van der Waals surface area contributed by atoms with Gasteiger partial charge in [-0.05, 0) is 63.9 Å². The summed E-state index contributed by atoms with van der Waals surface area (Å²) in [5.74, 6) is 1.08. The number of carbonyl (C=O) groups excluding carboxylic acids is 1. The van der Waals surface area contributed by atoms with Crippen LogP contribution in [0.4, 0.5) is 5.69 Å². The third-order valence-corrected chi connectivity index (χ3v) is 5.27. The number of rotatable bonds is 4. The maximum Gasteiger partial charge on any atom is 0.306 e. The second-order valence-electron chi connectivity index (χ2n) is 8.58. The largest absolute Gasteiger partial charge is 0.460 e. The van der Waals surface area contributed by atoms with Crippen LogP contribution in [0.2, 0.25) is 0 Å². The third kappa shape index (κ3) is 4.51. The van der Waals surface area contributed by atoms with E-state index in [1.54, 1.807) is 12.4 Å². The topological polar surface area (TPSA) is 74.4 Å². The van der Waals surface area contributed by atoms with Gasteiger partial charge in [0.15, 0.2) is 0 Å². The van der Waals surface area contributed by atoms with Crippen LogP contribution >= 0.6 is 0 Å². The number of ether oxygens (including phenoxy) is 2. The second-order valence-corrected chi connectivity index (χ2v) is 8.58. The van der Waals surface area contributed by atoms with Crippen LogP contribution in [0.3, 0.4) is 0 Å². The molecular formula is C20H30N2O3. The zero-order valence-corrected chi connectivity index (χ0v) is 15.7. The van der Waals surface area contributed by atoms with Gasteiger partial charge in [-0.1, -0.05) is 6.92 Å². The first-order chi connectivity index (χ1) is 11.7. The van der Waals surface area contributed by atoms with E-state index in [0.717, 1.165) is 12.0 Å². The maximum atomic E-state index is 12.4. The molecule has 1 aromatic heterocycles. The first-order valence-corrected chi connectivity index (χ1v) is 9.31. The van der Waals surface area contributed by atoms with Crippen molar-refractivity contribution in [2.75, 3.05) is 5.73 Å². The van der Waals surface area contributed by atoms with Gasteiger partial charge < -0.3 is 15.2 Å². The number of anilines is 1. The number of aromatic nitrogens is 1. The number of pyridine rings is 1. The Balaban J connectivity index is 1.76. The van der Waals surface area contributed by atoms with Crippen molar-refractivity contribution in [2.45, 2.75) is 71.2 Å². The second kappa shape index (κ2) is 6.94. The highest BCUT2D eigenvalue weighted by Crippen LogP contribution is 2.49. The average Bonchev–Trinajstić information content (AvgIpc) is 3.32. The van der Waals surface area contributed by atoms with Crippen molar-refractivity contribution in [3.05, 3.63) is 24.0 Å². The standard InChI is InChI=1S/C20H30N2O3/c1-12-14(10-18(23)25-20(2,3)4)9-17(24-19(12)13-5-6-13)15-7-8-22-11-16(15)21/h7-8,11-14,17,19H,5-6,9-10,21H2,1-4H3/t12-,14-,17+,19-/m1/s1. The molecule has 5 nitrogen and oxygen atoms in total. The molecule has 1 aromatic rings. The number of hydrogen-bond donors (Lipinski definition) is 1. The molecule has 1 saturated heterocycles. The summed E-state index contributed by atoms with van der Waals surface area (Å²) in [6.45, 7) is 7.94. The highest BCUT2D eigenvalue weighted by molar-refractivity contribution is 5.70. The molecule has 0 bridgehead atoms. The summed E-state index contributed by atoms with van der Waals surface area (Å²) < 4.78 is 12.0. The quantitative estimate of drug-likeness (QED) is 0.837. The Hall–Kier alpha value is -1.62. The van der Waals surface area contributed by atoms with Crippen molar-refractivity contribution in [1.82, 2.24) is 4.98 Å². The van der Waals surface area contributed by atoms with Crippen LogP contribution in [0, 0.1) is 17.8 Å². The number of esters is 1. The van der Waals surface area contributed by atoms with Gasteiger partial charge in [-0.2, -0.15) is 0 Å². The van der Waals surface area contributed by atoms with Gasteiger partial charge in [0.1, 0.15) is 5.60 Å². The number of carbonyl (C=O) groups is 1. The fourth-order valence-electron chi connectivity index (χ4n) is 3.87. The average molecular weight is 346 g/mol. The van der Waals surface area contributed by atoms with E-state index in [4.69, 9.17) is 15.2 Å². The van der Waals surface area contributed by atoms with Gasteiger partial charge in [-0.15, -0.1) is 0 Å². The smallest absolute Gasteiger partial charge is 0.306 e. The fraction of sp³-hybridized carbons (Fsp3) is 0.700. The minimum absolute atomic E-state index is 0.0720. The number of nitrogen functional groups attached to an aromatic ring is 1. The van der Waals surface area contributed by atoms with Crippen molar-refractivity contribution in [2.24, 2.45) is 17.8 Å². The van der Waals surface area contributed by atoms with Crippen LogP contribution in [0.1, 0.15) is 65.0 Å². The van der Waals surface area contributed by atoms with Crippen LogP contribution < -0.4 is 5.73 Å². The van der Waals surface area contributed by atoms with Crippen LogP contribution in [-0.2, 0) is 14.3 Å². The summed E-state index contributed by atoms with van der Waals surface area (Å²) in [6, 6.07) is 1.94. The molecule has 0 spiro atoms. The monoisotopic (exact) mass is 346 g/mol. The Morgan fingerprint density at radius 1 is 1.40 bits per heavy atom. The number of nitrogens with two attached hydrogens (primary N) is 1. The molecule has 2 N–H and O–H groups in total. The van der Waals surface area contributed by atoms with Gasteiger partial charge in [0, 0.05) is 18.2 Å². The Bertz CT molecular complexity index is 622. The molecule has 2 aliphatic rings. The van der Waals surface area contributed by atoms with Crippen molar-refractivity contribution in [3.63, 3.8) is 0 Å². The van der Waals surface area contributed by atoms with E-state index >= 15 is 0 Å². The van der Waals surface area contributed by atoms with Crippen molar-refractivity contribution in [3.8, 4) is 0 Å². The molecule has 1 saturated carbocycles. The molecule has 0 unspecified atom stereocenters. The summed E-state index contributed by atoms with van der Waals surface area (Å²) >= 11 is 0. The summed E-state index contributed by atoms with van der Waals surface area (Å²) in [5.41, 5.74) is 7.32. The summed E-state index contributed by atoms with van der Waals surface area (Å²) in [4.78, 5) is 16.5. The molecule has 1 aliphatic heterocycles. The molecule has 0 radical (unpaired) electrons. The lowest BCUT2D eigenvalue weighted by Crippen LogP contribution is -2.39. The van der Waals surface area contributed by atoms with E-state index in [9.17, 15) is 4.79 Å². The molecule has 0 aromatic carbocycles. The normalized spacial score (nSPS) is 30.1. The van der Waals surface area contributed by atoms with Crippen LogP contribution in [0.5, 0.6) is 0 Å². The molecule has 2 fully saturated rings. The third-order valence-electron chi connectivity index (χ3n) is 5.27. The van der Waals surface area contributed by atoms with Gasteiger partial charge in [0.25, 0.3) is 0 Å². The molecule has 5 heteroatoms. The minimum atomic E-state index is -0.448. The summed E-state index contributed by atoms with van der Waals surface area (Å²) in [5, 5.41) is 0. The Kier molecular flexibility index (Phi) is 5.05. The van der Waals surface area contributed by atoms with Gasteiger partial charge >= 0.3 is 5.97 Å². The Morgan fingerprint density at radius 2 is 2.12 bits per heavy atom. The predicted molar refractivity (Wildman–Crippen MR) is 96.7 cm³/mol. The summed E-state index contributed by atoms with van der Waals surface area (Å²) in [6.07, 6.45) is 7.20. The van der Waals surface area contributed by atoms with Crippen molar-refractivity contribution >= 4 is 11.7 Å². The minimum Gasteiger partial charge on any atom is -0.460 e. The van der Waals surface area contributed by atoms with E-state index in [2.05, 4.69) is 11.9 Å². The lowest BCUT2D eigenvalue weighted by Gasteiger charge is -2.41. The van der Waals surface area contributed by atoms with E-state index < -0.39 is 5.60 Å². The fourth-order valence-corrected chi connectivity index (χ4v) is 3.87. The van der Waals surface area contributed by atoms with Gasteiger partial charge in [-0.3, -0.25) is 9.78 Å². The van der Waals surface area contributed by atoms with E-state index in [0.29, 0.717) is 23.9 Å². The first kappa shape index (κ1) is 18.2. The zero-order valence-electron chi connectivity index (χ0n) is 15.7. The predicted octanol–water partition coefficient (Wildman–Crippen LogP) is 3.89. The van der Waals surface area contributed by atoms with Gasteiger partial charge in [-0.25, -0.2) is 0 Å². The van der Waals surface area contributed by atoms with Gasteiger partial charge in [0.2, 0.25) is 0 Å². The van der Waals surface area contributed by atoms with Gasteiger partial charge in [0.05, 0.1) is 24.1 Å². The molecule has 0 amide bonds. The lowest BCUT2D eigenvalue weighted by atomic mass is 9.77. The Morgan fingerprint density at radius 3 is 2.72 bits per heavy atom. The molecule has 25 heavy (non-hydrogen) atoms. The molecule has 138 valence electrons. The molecule has 1 aliphatic carbocycles. The van der Waals surface area contributed by atoms with E-state index in [-0.39, 0.29) is 24.1 Å². The van der Waals surface area contributed by atoms with Crippen molar-refractivity contribution in [1.29, 1.82) is 0 Å². The molecule has 3 rings (SSSR count). The SMILES string of the molecule is C[C@@H]1[C@@H](CC(=O)OC(C)(C)C)C[C@@H](c2ccncc2N)O[C@H]1C1CC1. The lowest BCUT2D eigenvalue weighted by molar-refractivity contribution is -0.162. The maximum absolute atomic E-state index is 12.4. The van der Waals surface area contributed by atoms with Crippen LogP contribution in [0.25, 0.3) is 0 Å². The first-order valence-electron chi connectivity index (χ1n) is 9.31. The van der Waals surface area contributed by atoms with E-state index in [1.807, 2.05) is 26.8 Å². The Labute approximate surface area is 150 Å². The zero-order chi connectivity index (χ0) is 18.2. The molecular weight excluding hydrogens is 316 g/mol. The highest BCUT2D eigenvalue weighted by atomic mass is 16.6. The van der Waals surface area contributed by atoms with Crippen molar-refractivity contribution < 1.29 is 14.3 Å². The highest BCUT2D eigenvalue weighted by Gasteiger charge is 2.45. The molecule has 2 heterocycles. The van der Waals surface area contributed by atoms with Crippen LogP contribution in [-0.4, -0.2) is 22.7 Å².